The fraction of sp³-hybridized carbons (Fsp3) is 1.00. The Morgan fingerprint density at radius 2 is 1.84 bits per heavy atom. The molecule has 0 aromatic heterocycles. The Balaban J connectivity index is 2.35. The number of hydrogen-bond acceptors (Lipinski definition) is 5. The lowest BCUT2D eigenvalue weighted by atomic mass is 10.4. The molecule has 0 aliphatic carbocycles. The first-order valence-corrected chi connectivity index (χ1v) is 7.14. The fourth-order valence-electron chi connectivity index (χ4n) is 1.36. The van der Waals surface area contributed by atoms with Gasteiger partial charge in [-0.3, -0.25) is 9.08 Å². The molecule has 0 atom stereocenters. The Hall–Kier alpha value is -0.450. The molecule has 0 saturated carbocycles. The van der Waals surface area contributed by atoms with E-state index in [0.717, 1.165) is 0 Å². The monoisotopic (exact) mass is 309 g/mol. The van der Waals surface area contributed by atoms with E-state index in [0.29, 0.717) is 26.3 Å². The van der Waals surface area contributed by atoms with Gasteiger partial charge in [-0.25, -0.2) is 8.78 Å². The van der Waals surface area contributed by atoms with Crippen molar-refractivity contribution in [2.75, 3.05) is 45.2 Å². The maximum atomic E-state index is 12.5. The normalized spacial score (nSPS) is 19.0. The third kappa shape index (κ3) is 6.02. The zero-order valence-corrected chi connectivity index (χ0v) is 10.8. The van der Waals surface area contributed by atoms with Crippen LogP contribution in [-0.4, -0.2) is 70.9 Å². The minimum atomic E-state index is -4.47. The lowest BCUT2D eigenvalue weighted by molar-refractivity contribution is -0.147. The summed E-state index contributed by atoms with van der Waals surface area (Å²) in [5.41, 5.74) is 0. The molecule has 1 aliphatic heterocycles. The van der Waals surface area contributed by atoms with E-state index in [-0.39, 0.29) is 6.54 Å². The number of halogens is 4. The minimum absolute atomic E-state index is 0.0892. The molecular weight excluding hydrogens is 294 g/mol. The summed E-state index contributed by atoms with van der Waals surface area (Å²) >= 11 is 0. The van der Waals surface area contributed by atoms with Gasteiger partial charge in [-0.05, 0) is 0 Å². The second kappa shape index (κ2) is 6.82. The smallest absolute Gasteiger partial charge is 0.331 e. The van der Waals surface area contributed by atoms with Crippen LogP contribution in [0.4, 0.5) is 17.6 Å². The summed E-state index contributed by atoms with van der Waals surface area (Å²) in [4.78, 5) is 1.76. The van der Waals surface area contributed by atoms with Crippen molar-refractivity contribution in [2.24, 2.45) is 0 Å². The average molecular weight is 309 g/mol. The van der Waals surface area contributed by atoms with Crippen LogP contribution in [0.5, 0.6) is 0 Å². The molecule has 1 rings (SSSR count). The molecule has 0 radical (unpaired) electrons. The summed E-state index contributed by atoms with van der Waals surface area (Å²) in [5.74, 6) is -4.99. The maximum absolute atomic E-state index is 12.5. The minimum Gasteiger partial charge on any atom is -0.379 e. The van der Waals surface area contributed by atoms with Crippen molar-refractivity contribution in [3.05, 3.63) is 0 Å². The van der Waals surface area contributed by atoms with E-state index in [1.165, 1.54) is 0 Å². The van der Waals surface area contributed by atoms with Crippen molar-refractivity contribution in [2.45, 2.75) is 12.3 Å². The summed E-state index contributed by atoms with van der Waals surface area (Å²) in [7, 11) is -4.24. The van der Waals surface area contributed by atoms with Crippen LogP contribution in [0.15, 0.2) is 0 Å². The van der Waals surface area contributed by atoms with Crippen molar-refractivity contribution < 1.29 is 34.9 Å². The Kier molecular flexibility index (Phi) is 5.96. The van der Waals surface area contributed by atoms with E-state index >= 15 is 0 Å². The van der Waals surface area contributed by atoms with Crippen molar-refractivity contribution in [3.63, 3.8) is 0 Å². The van der Waals surface area contributed by atoms with Gasteiger partial charge in [0, 0.05) is 19.6 Å². The van der Waals surface area contributed by atoms with Gasteiger partial charge in [0.15, 0.2) is 0 Å². The topological polar surface area (TPSA) is 55.8 Å². The van der Waals surface area contributed by atoms with Crippen LogP contribution in [0.3, 0.4) is 0 Å². The lowest BCUT2D eigenvalue weighted by Crippen LogP contribution is -2.40. The highest BCUT2D eigenvalue weighted by molar-refractivity contribution is 7.86. The van der Waals surface area contributed by atoms with Crippen LogP contribution in [0.25, 0.3) is 0 Å². The molecule has 5 nitrogen and oxygen atoms in total. The summed E-state index contributed by atoms with van der Waals surface area (Å²) < 4.78 is 80.2. The van der Waals surface area contributed by atoms with Gasteiger partial charge >= 0.3 is 12.3 Å². The van der Waals surface area contributed by atoms with E-state index in [2.05, 4.69) is 4.18 Å². The Morgan fingerprint density at radius 3 is 2.37 bits per heavy atom. The van der Waals surface area contributed by atoms with Crippen LogP contribution < -0.4 is 0 Å². The number of hydrogen-bond donors (Lipinski definition) is 0. The fourth-order valence-corrected chi connectivity index (χ4v) is 2.29. The van der Waals surface area contributed by atoms with Gasteiger partial charge in [0.25, 0.3) is 10.1 Å². The number of morpholine rings is 1. The van der Waals surface area contributed by atoms with E-state index in [1.807, 2.05) is 0 Å². The molecule has 0 aromatic rings. The third-order valence-corrected chi connectivity index (χ3v) is 3.67. The maximum Gasteiger partial charge on any atom is 0.331 e. The lowest BCUT2D eigenvalue weighted by Gasteiger charge is -2.26. The molecule has 1 aliphatic rings. The van der Waals surface area contributed by atoms with Gasteiger partial charge in [-0.1, -0.05) is 0 Å². The molecule has 1 saturated heterocycles. The predicted molar refractivity (Wildman–Crippen MR) is 57.9 cm³/mol. The molecule has 114 valence electrons. The molecule has 0 amide bonds. The second-order valence-electron chi connectivity index (χ2n) is 4.04. The SMILES string of the molecule is O=S(=O)(CCN1CCOCC1)OCC(F)(F)C(F)F. The molecule has 1 fully saturated rings. The third-order valence-electron chi connectivity index (χ3n) is 2.51. The Morgan fingerprint density at radius 1 is 1.26 bits per heavy atom. The molecule has 0 unspecified atom stereocenters. The van der Waals surface area contributed by atoms with Crippen LogP contribution >= 0.6 is 0 Å². The van der Waals surface area contributed by atoms with Crippen LogP contribution in [0.1, 0.15) is 0 Å². The predicted octanol–water partition coefficient (Wildman–Crippen LogP) is 0.565. The number of alkyl halides is 4. The average Bonchev–Trinajstić information content (AvgIpc) is 2.36. The highest BCUT2D eigenvalue weighted by Crippen LogP contribution is 2.23. The van der Waals surface area contributed by atoms with Gasteiger partial charge in [0.05, 0.1) is 19.0 Å². The molecule has 0 spiro atoms. The van der Waals surface area contributed by atoms with E-state index in [4.69, 9.17) is 4.74 Å². The quantitative estimate of drug-likeness (QED) is 0.508. The molecule has 10 heteroatoms. The first-order valence-electron chi connectivity index (χ1n) is 5.56. The molecule has 0 N–H and O–H groups in total. The van der Waals surface area contributed by atoms with E-state index in [1.54, 1.807) is 4.90 Å². The Labute approximate surface area is 108 Å². The number of rotatable bonds is 7. The van der Waals surface area contributed by atoms with Gasteiger partial charge < -0.3 is 4.74 Å². The summed E-state index contributed by atoms with van der Waals surface area (Å²) in [5, 5.41) is 0. The van der Waals surface area contributed by atoms with Gasteiger partial charge in [0.2, 0.25) is 0 Å². The summed E-state index contributed by atoms with van der Waals surface area (Å²) in [6.45, 7) is 0.238. The van der Waals surface area contributed by atoms with Crippen molar-refractivity contribution in [1.29, 1.82) is 0 Å². The van der Waals surface area contributed by atoms with Crippen molar-refractivity contribution >= 4 is 10.1 Å². The molecule has 1 heterocycles. The highest BCUT2D eigenvalue weighted by Gasteiger charge is 2.42. The number of ether oxygens (including phenoxy) is 1. The first kappa shape index (κ1) is 16.6. The van der Waals surface area contributed by atoms with Crippen molar-refractivity contribution in [3.8, 4) is 0 Å². The second-order valence-corrected chi connectivity index (χ2v) is 5.80. The van der Waals surface area contributed by atoms with E-state index in [9.17, 15) is 26.0 Å². The standard InChI is InChI=1S/C9H15F4NO4S/c10-8(11)9(12,13)7-18-19(15,16)6-3-14-1-4-17-5-2-14/h8H,1-7H2. The first-order chi connectivity index (χ1) is 8.73. The Bertz CT molecular complexity index is 370. The van der Waals surface area contributed by atoms with Crippen LogP contribution in [0, 0.1) is 0 Å². The highest BCUT2D eigenvalue weighted by atomic mass is 32.2. The van der Waals surface area contributed by atoms with Crippen LogP contribution in [0.2, 0.25) is 0 Å². The molecular formula is C9H15F4NO4S. The zero-order valence-electron chi connectivity index (χ0n) is 10.0. The van der Waals surface area contributed by atoms with Gasteiger partial charge in [-0.15, -0.1) is 0 Å². The molecule has 0 bridgehead atoms. The van der Waals surface area contributed by atoms with Crippen LogP contribution in [-0.2, 0) is 19.0 Å². The van der Waals surface area contributed by atoms with Crippen molar-refractivity contribution in [1.82, 2.24) is 4.90 Å². The number of nitrogens with zero attached hydrogens (tertiary/aromatic N) is 1. The van der Waals surface area contributed by atoms with Gasteiger partial charge in [-0.2, -0.15) is 17.2 Å². The largest absolute Gasteiger partial charge is 0.379 e. The summed E-state index contributed by atoms with van der Waals surface area (Å²) in [6, 6.07) is 0. The van der Waals surface area contributed by atoms with Gasteiger partial charge in [0.1, 0.15) is 6.61 Å². The molecule has 0 aromatic carbocycles. The summed E-state index contributed by atoms with van der Waals surface area (Å²) in [6.07, 6.45) is -3.96. The van der Waals surface area contributed by atoms with E-state index < -0.39 is 34.8 Å². The zero-order chi connectivity index (χ0) is 14.5. The molecule has 19 heavy (non-hydrogen) atoms.